The number of aliphatic hydroxyl groups is 1. The van der Waals surface area contributed by atoms with Crippen LogP contribution in [0.5, 0.6) is 0 Å². The van der Waals surface area contributed by atoms with Crippen LogP contribution in [-0.4, -0.2) is 58.9 Å². The van der Waals surface area contributed by atoms with E-state index >= 15 is 0 Å². The van der Waals surface area contributed by atoms with Crippen LogP contribution in [0.4, 0.5) is 5.69 Å². The number of amides is 2. The van der Waals surface area contributed by atoms with Crippen LogP contribution >= 0.6 is 0 Å². The zero-order valence-electron chi connectivity index (χ0n) is 18.1. The minimum absolute atomic E-state index is 0.0537. The Kier molecular flexibility index (Phi) is 4.66. The van der Waals surface area contributed by atoms with Crippen LogP contribution in [0.15, 0.2) is 40.8 Å². The lowest BCUT2D eigenvalue weighted by atomic mass is 9.60. The van der Waals surface area contributed by atoms with E-state index in [4.69, 9.17) is 9.52 Å². The largest absolute Gasteiger partial charge is 0.453 e. The third-order valence-corrected chi connectivity index (χ3v) is 8.30. The first-order valence-corrected chi connectivity index (χ1v) is 11.7. The molecule has 4 aliphatic rings. The topological polar surface area (TPSA) is 86.0 Å². The summed E-state index contributed by atoms with van der Waals surface area (Å²) < 4.78 is 5.42. The number of benzene rings is 1. The highest BCUT2D eigenvalue weighted by molar-refractivity contribution is 5.97. The van der Waals surface area contributed by atoms with Crippen molar-refractivity contribution >= 4 is 17.5 Å². The molecule has 3 fully saturated rings. The molecule has 2 atom stereocenters. The number of nitrogens with zero attached hydrogens (tertiary/aromatic N) is 2. The summed E-state index contributed by atoms with van der Waals surface area (Å²) in [6.45, 7) is 3.13. The van der Waals surface area contributed by atoms with E-state index in [0.29, 0.717) is 28.9 Å². The van der Waals surface area contributed by atoms with Gasteiger partial charge in [-0.15, -0.1) is 0 Å². The van der Waals surface area contributed by atoms with Crippen LogP contribution in [-0.2, 0) is 11.4 Å². The van der Waals surface area contributed by atoms with Gasteiger partial charge in [-0.1, -0.05) is 18.2 Å². The Morgan fingerprint density at radius 3 is 2.59 bits per heavy atom. The average Bonchev–Trinajstić information content (AvgIpc) is 3.45. The summed E-state index contributed by atoms with van der Waals surface area (Å²) in [7, 11) is 0. The van der Waals surface area contributed by atoms with Gasteiger partial charge < -0.3 is 19.7 Å². The third-order valence-electron chi connectivity index (χ3n) is 8.30. The van der Waals surface area contributed by atoms with Gasteiger partial charge in [-0.2, -0.15) is 0 Å². The summed E-state index contributed by atoms with van der Waals surface area (Å²) in [6, 6.07) is 12.1. The number of carbonyl (C=O) groups is 2. The van der Waals surface area contributed by atoms with Crippen molar-refractivity contribution in [2.24, 2.45) is 11.3 Å². The second-order valence-electron chi connectivity index (χ2n) is 10.0. The van der Waals surface area contributed by atoms with Gasteiger partial charge >= 0.3 is 0 Å². The SMILES string of the molecule is O=C1Nc2ccccc2[C@@H]2CN(C3CC4(CCN(C(=O)c5ccc(CO)o5)CC4)C3)C[C@@H]12. The van der Waals surface area contributed by atoms with Crippen molar-refractivity contribution in [3.8, 4) is 0 Å². The highest BCUT2D eigenvalue weighted by atomic mass is 16.4. The van der Waals surface area contributed by atoms with Crippen LogP contribution in [0, 0.1) is 11.3 Å². The number of rotatable bonds is 3. The van der Waals surface area contributed by atoms with Gasteiger partial charge in [-0.3, -0.25) is 14.5 Å². The van der Waals surface area contributed by atoms with Crippen LogP contribution in [0.25, 0.3) is 0 Å². The Labute approximate surface area is 187 Å². The van der Waals surface area contributed by atoms with Crippen LogP contribution < -0.4 is 5.32 Å². The molecule has 7 nitrogen and oxygen atoms in total. The summed E-state index contributed by atoms with van der Waals surface area (Å²) in [5.41, 5.74) is 2.59. The van der Waals surface area contributed by atoms with Gasteiger partial charge in [0, 0.05) is 43.8 Å². The summed E-state index contributed by atoms with van der Waals surface area (Å²) >= 11 is 0. The second kappa shape index (κ2) is 7.46. The normalized spacial score (nSPS) is 27.0. The Morgan fingerprint density at radius 2 is 1.84 bits per heavy atom. The molecule has 4 heterocycles. The minimum Gasteiger partial charge on any atom is -0.453 e. The molecule has 7 heteroatoms. The highest BCUT2D eigenvalue weighted by Gasteiger charge is 2.52. The summed E-state index contributed by atoms with van der Waals surface area (Å²) in [6.07, 6.45) is 4.36. The van der Waals surface area contributed by atoms with E-state index in [1.165, 1.54) is 5.56 Å². The van der Waals surface area contributed by atoms with E-state index in [9.17, 15) is 9.59 Å². The fourth-order valence-electron chi connectivity index (χ4n) is 6.40. The Hall–Kier alpha value is -2.64. The molecule has 1 aromatic carbocycles. The van der Waals surface area contributed by atoms with Gasteiger partial charge in [0.05, 0.1) is 5.92 Å². The van der Waals surface area contributed by atoms with Crippen LogP contribution in [0.3, 0.4) is 0 Å². The van der Waals surface area contributed by atoms with Gasteiger partial charge in [0.25, 0.3) is 5.91 Å². The smallest absolute Gasteiger partial charge is 0.289 e. The number of likely N-dealkylation sites (tertiary alicyclic amines) is 2. The van der Waals surface area contributed by atoms with Gasteiger partial charge in [-0.25, -0.2) is 0 Å². The molecule has 2 N–H and O–H groups in total. The predicted octanol–water partition coefficient (Wildman–Crippen LogP) is 2.82. The van der Waals surface area contributed by atoms with Crippen molar-refractivity contribution in [2.45, 2.75) is 44.2 Å². The second-order valence-corrected chi connectivity index (χ2v) is 10.0. The molecule has 32 heavy (non-hydrogen) atoms. The van der Waals surface area contributed by atoms with Crippen LogP contribution in [0.2, 0.25) is 0 Å². The first-order chi connectivity index (χ1) is 15.5. The van der Waals surface area contributed by atoms with E-state index < -0.39 is 0 Å². The molecule has 0 radical (unpaired) electrons. The first-order valence-electron chi connectivity index (χ1n) is 11.7. The summed E-state index contributed by atoms with van der Waals surface area (Å²) in [5, 5.41) is 12.2. The summed E-state index contributed by atoms with van der Waals surface area (Å²) in [4.78, 5) is 29.8. The Morgan fingerprint density at radius 1 is 1.09 bits per heavy atom. The molecule has 0 bridgehead atoms. The lowest BCUT2D eigenvalue weighted by Gasteiger charge is -2.54. The fraction of sp³-hybridized carbons (Fsp3) is 0.520. The molecule has 1 aromatic heterocycles. The molecule has 0 unspecified atom stereocenters. The average molecular weight is 436 g/mol. The number of piperidine rings is 1. The van der Waals surface area contributed by atoms with Crippen molar-refractivity contribution in [2.75, 3.05) is 31.5 Å². The van der Waals surface area contributed by atoms with E-state index in [1.54, 1.807) is 12.1 Å². The monoisotopic (exact) mass is 435 g/mol. The number of nitrogens with one attached hydrogen (secondary N) is 1. The minimum atomic E-state index is -0.191. The van der Waals surface area contributed by atoms with Gasteiger partial charge in [0.15, 0.2) is 5.76 Å². The highest BCUT2D eigenvalue weighted by Crippen LogP contribution is 2.53. The quantitative estimate of drug-likeness (QED) is 0.774. The van der Waals surface area contributed by atoms with E-state index in [1.807, 2.05) is 17.0 Å². The zero-order chi connectivity index (χ0) is 21.9. The lowest BCUT2D eigenvalue weighted by Crippen LogP contribution is -2.55. The number of hydrogen-bond donors (Lipinski definition) is 2. The number of hydrogen-bond acceptors (Lipinski definition) is 5. The molecule has 1 aliphatic carbocycles. The van der Waals surface area contributed by atoms with Crippen LogP contribution in [0.1, 0.15) is 53.5 Å². The molecular weight excluding hydrogens is 406 g/mol. The molecule has 6 rings (SSSR count). The van der Waals surface area contributed by atoms with E-state index in [-0.39, 0.29) is 24.3 Å². The number of anilines is 1. The van der Waals surface area contributed by atoms with E-state index in [0.717, 1.165) is 57.5 Å². The third kappa shape index (κ3) is 3.18. The first kappa shape index (κ1) is 20.0. The molecule has 168 valence electrons. The fourth-order valence-corrected chi connectivity index (χ4v) is 6.40. The molecule has 2 amide bonds. The maximum atomic E-state index is 12.7. The molecule has 2 saturated heterocycles. The molecular formula is C25H29N3O4. The van der Waals surface area contributed by atoms with Crippen molar-refractivity contribution in [3.05, 3.63) is 53.5 Å². The van der Waals surface area contributed by atoms with Crippen molar-refractivity contribution in [3.63, 3.8) is 0 Å². The van der Waals surface area contributed by atoms with Crippen molar-refractivity contribution < 1.29 is 19.1 Å². The number of carbonyl (C=O) groups excluding carboxylic acids is 2. The number of furan rings is 1. The summed E-state index contributed by atoms with van der Waals surface area (Å²) in [5.74, 6) is 1.18. The molecule has 2 aromatic rings. The zero-order valence-corrected chi connectivity index (χ0v) is 18.1. The Bertz CT molecular complexity index is 1050. The maximum absolute atomic E-state index is 12.7. The van der Waals surface area contributed by atoms with Gasteiger partial charge in [-0.05, 0) is 54.9 Å². The number of fused-ring (bicyclic) bond motifs is 3. The molecule has 1 saturated carbocycles. The van der Waals surface area contributed by atoms with Crippen molar-refractivity contribution in [1.82, 2.24) is 9.80 Å². The number of aliphatic hydroxyl groups excluding tert-OH is 1. The van der Waals surface area contributed by atoms with Gasteiger partial charge in [0.2, 0.25) is 5.91 Å². The van der Waals surface area contributed by atoms with Gasteiger partial charge in [0.1, 0.15) is 12.4 Å². The maximum Gasteiger partial charge on any atom is 0.289 e. The molecule has 3 aliphatic heterocycles. The molecule has 1 spiro atoms. The van der Waals surface area contributed by atoms with Crippen molar-refractivity contribution in [1.29, 1.82) is 0 Å². The lowest BCUT2D eigenvalue weighted by molar-refractivity contribution is -0.120. The number of para-hydroxylation sites is 1. The van der Waals surface area contributed by atoms with E-state index in [2.05, 4.69) is 22.3 Å². The standard InChI is InChI=1S/C25H29N3O4/c29-15-17-5-6-22(32-17)24(31)27-9-7-25(8-10-27)11-16(12-25)28-13-19-18-3-1-2-4-21(18)26-23(30)20(19)14-28/h1-6,16,19-20,29H,7-15H2,(H,26,30)/t19-,20+/m0/s1. The predicted molar refractivity (Wildman–Crippen MR) is 118 cm³/mol. The Balaban J connectivity index is 1.06.